The van der Waals surface area contributed by atoms with E-state index in [1.165, 1.54) is 12.1 Å². The second kappa shape index (κ2) is 10.5. The number of H-pyrrole nitrogens is 1. The van der Waals surface area contributed by atoms with Gasteiger partial charge in [0.2, 0.25) is 10.0 Å². The van der Waals surface area contributed by atoms with Crippen molar-refractivity contribution in [3.63, 3.8) is 0 Å². The molecule has 1 aromatic heterocycles. The Morgan fingerprint density at radius 3 is 2.45 bits per heavy atom. The van der Waals surface area contributed by atoms with Crippen LogP contribution in [-0.4, -0.2) is 74.1 Å². The van der Waals surface area contributed by atoms with Crippen LogP contribution in [0.4, 0.5) is 39.0 Å². The number of sulfonamides is 1. The number of benzene rings is 2. The van der Waals surface area contributed by atoms with Gasteiger partial charge < -0.3 is 19.9 Å². The SMILES string of the molecule is O=S(=O)(CCO)Nc1ccc(-c2nc3ccc(N4CCC(F)(F)CC4)cc3[nH]2)c(N2CC=C(C(F)(F)F)CC2)c1. The van der Waals surface area contributed by atoms with Crippen LogP contribution in [0.3, 0.4) is 0 Å². The predicted octanol–water partition coefficient (Wildman–Crippen LogP) is 4.90. The van der Waals surface area contributed by atoms with Crippen LogP contribution in [0.15, 0.2) is 48.0 Å². The van der Waals surface area contributed by atoms with E-state index in [0.29, 0.717) is 28.1 Å². The molecule has 0 saturated carbocycles. The molecule has 2 aliphatic rings. The Kier molecular flexibility index (Phi) is 7.42. The Balaban J connectivity index is 1.49. The van der Waals surface area contributed by atoms with E-state index >= 15 is 0 Å². The third-order valence-electron chi connectivity index (χ3n) is 7.13. The van der Waals surface area contributed by atoms with Crippen molar-refractivity contribution in [3.8, 4) is 11.4 Å². The molecule has 0 atom stereocenters. The van der Waals surface area contributed by atoms with Crippen molar-refractivity contribution in [1.82, 2.24) is 9.97 Å². The summed E-state index contributed by atoms with van der Waals surface area (Å²) in [5.41, 5.74) is 2.63. The molecule has 0 bridgehead atoms. The zero-order chi connectivity index (χ0) is 28.7. The lowest BCUT2D eigenvalue weighted by Crippen LogP contribution is -2.39. The number of aliphatic hydroxyl groups is 1. The van der Waals surface area contributed by atoms with E-state index in [2.05, 4.69) is 14.7 Å². The van der Waals surface area contributed by atoms with Crippen LogP contribution in [0, 0.1) is 0 Å². The maximum atomic E-state index is 13.6. The van der Waals surface area contributed by atoms with Gasteiger partial charge in [0.25, 0.3) is 5.92 Å². The number of anilines is 3. The molecule has 8 nitrogen and oxygen atoms in total. The molecule has 3 aromatic rings. The maximum absolute atomic E-state index is 13.6. The summed E-state index contributed by atoms with van der Waals surface area (Å²) in [5, 5.41) is 9.04. The summed E-state index contributed by atoms with van der Waals surface area (Å²) in [5.74, 6) is -2.75. The molecule has 2 aliphatic heterocycles. The molecule has 3 N–H and O–H groups in total. The standard InChI is InChI=1S/C26H28F5N5O3S/c27-25(28)7-11-35(12-8-25)19-2-4-21-22(16-19)33-24(32-21)20-3-1-18(34-40(38,39)14-13-37)15-23(20)36-9-5-17(6-10-36)26(29,30)31/h1-5,15-16,34,37H,6-14H2,(H,32,33). The second-order valence-corrected chi connectivity index (χ2v) is 11.8. The molecular weight excluding hydrogens is 557 g/mol. The number of piperidine rings is 1. The molecule has 5 rings (SSSR count). The van der Waals surface area contributed by atoms with Gasteiger partial charge in [0.15, 0.2) is 0 Å². The number of rotatable bonds is 7. The van der Waals surface area contributed by atoms with Gasteiger partial charge in [-0.2, -0.15) is 13.2 Å². The van der Waals surface area contributed by atoms with Gasteiger partial charge >= 0.3 is 6.18 Å². The summed E-state index contributed by atoms with van der Waals surface area (Å²) in [4.78, 5) is 11.5. The number of nitrogens with zero attached hydrogens (tertiary/aromatic N) is 3. The fraction of sp³-hybridized carbons (Fsp3) is 0.423. The molecule has 2 aromatic carbocycles. The highest BCUT2D eigenvalue weighted by Gasteiger charge is 2.36. The van der Waals surface area contributed by atoms with Crippen LogP contribution in [0.25, 0.3) is 22.4 Å². The average molecular weight is 586 g/mol. The molecule has 0 unspecified atom stereocenters. The average Bonchev–Trinajstić information content (AvgIpc) is 3.31. The molecule has 0 amide bonds. The molecule has 0 spiro atoms. The largest absolute Gasteiger partial charge is 0.412 e. The van der Waals surface area contributed by atoms with Gasteiger partial charge in [-0.1, -0.05) is 6.08 Å². The minimum absolute atomic E-state index is 0.0430. The van der Waals surface area contributed by atoms with E-state index in [1.54, 1.807) is 17.0 Å². The number of fused-ring (bicyclic) bond motifs is 1. The number of alkyl halides is 5. The highest BCUT2D eigenvalue weighted by Crippen LogP contribution is 2.38. The minimum Gasteiger partial charge on any atom is -0.395 e. The normalized spacial score (nSPS) is 18.2. The Morgan fingerprint density at radius 1 is 1.05 bits per heavy atom. The van der Waals surface area contributed by atoms with Gasteiger partial charge in [-0.05, 0) is 42.8 Å². The summed E-state index contributed by atoms with van der Waals surface area (Å²) in [7, 11) is -3.84. The number of halogens is 5. The summed E-state index contributed by atoms with van der Waals surface area (Å²) in [6.45, 7) is -0.120. The van der Waals surface area contributed by atoms with E-state index in [1.807, 2.05) is 17.0 Å². The first-order valence-electron chi connectivity index (χ1n) is 12.7. The fourth-order valence-corrected chi connectivity index (χ4v) is 5.80. The molecule has 1 fully saturated rings. The van der Waals surface area contributed by atoms with Crippen molar-refractivity contribution in [2.45, 2.75) is 31.4 Å². The number of aliphatic hydroxyl groups excluding tert-OH is 1. The van der Waals surface area contributed by atoms with E-state index in [-0.39, 0.29) is 51.1 Å². The Morgan fingerprint density at radius 2 is 1.80 bits per heavy atom. The lowest BCUT2D eigenvalue weighted by Gasteiger charge is -2.33. The highest BCUT2D eigenvalue weighted by atomic mass is 32.2. The van der Waals surface area contributed by atoms with Gasteiger partial charge in [-0.3, -0.25) is 4.72 Å². The van der Waals surface area contributed by atoms with Crippen LogP contribution in [-0.2, 0) is 10.0 Å². The van der Waals surface area contributed by atoms with Crippen molar-refractivity contribution in [3.05, 3.63) is 48.0 Å². The molecule has 216 valence electrons. The van der Waals surface area contributed by atoms with E-state index in [4.69, 9.17) is 5.11 Å². The van der Waals surface area contributed by atoms with Gasteiger partial charge in [-0.15, -0.1) is 0 Å². The number of hydrogen-bond acceptors (Lipinski definition) is 6. The molecule has 14 heteroatoms. The number of aromatic nitrogens is 2. The number of nitrogens with one attached hydrogen (secondary N) is 2. The van der Waals surface area contributed by atoms with Crippen molar-refractivity contribution in [1.29, 1.82) is 0 Å². The molecule has 1 saturated heterocycles. The van der Waals surface area contributed by atoms with Gasteiger partial charge in [0.1, 0.15) is 5.82 Å². The van der Waals surface area contributed by atoms with Crippen molar-refractivity contribution < 1.29 is 35.5 Å². The smallest absolute Gasteiger partial charge is 0.395 e. The first kappa shape index (κ1) is 28.1. The molecular formula is C26H28F5N5O3S. The first-order valence-corrected chi connectivity index (χ1v) is 14.4. The minimum atomic E-state index is -4.42. The zero-order valence-electron chi connectivity index (χ0n) is 21.3. The number of hydrogen-bond donors (Lipinski definition) is 3. The monoisotopic (exact) mass is 585 g/mol. The van der Waals surface area contributed by atoms with Crippen LogP contribution < -0.4 is 14.5 Å². The Bertz CT molecular complexity index is 1530. The highest BCUT2D eigenvalue weighted by molar-refractivity contribution is 7.92. The van der Waals surface area contributed by atoms with Crippen LogP contribution >= 0.6 is 0 Å². The Hall–Kier alpha value is -3.39. The van der Waals surface area contributed by atoms with Crippen LogP contribution in [0.5, 0.6) is 0 Å². The topological polar surface area (TPSA) is 102 Å². The third kappa shape index (κ3) is 6.17. The summed E-state index contributed by atoms with van der Waals surface area (Å²) >= 11 is 0. The van der Waals surface area contributed by atoms with Gasteiger partial charge in [0.05, 0.1) is 34.8 Å². The predicted molar refractivity (Wildman–Crippen MR) is 143 cm³/mol. The second-order valence-electron chi connectivity index (χ2n) is 9.93. The third-order valence-corrected chi connectivity index (χ3v) is 8.39. The van der Waals surface area contributed by atoms with Crippen molar-refractivity contribution >= 4 is 38.1 Å². The number of aromatic amines is 1. The maximum Gasteiger partial charge on any atom is 0.412 e. The lowest BCUT2D eigenvalue weighted by atomic mass is 10.0. The summed E-state index contributed by atoms with van der Waals surface area (Å²) in [6, 6.07) is 10.1. The molecule has 40 heavy (non-hydrogen) atoms. The van der Waals surface area contributed by atoms with Crippen LogP contribution in [0.2, 0.25) is 0 Å². The molecule has 3 heterocycles. The van der Waals surface area contributed by atoms with Crippen molar-refractivity contribution in [2.75, 3.05) is 53.1 Å². The van der Waals surface area contributed by atoms with Crippen molar-refractivity contribution in [2.24, 2.45) is 0 Å². The first-order chi connectivity index (χ1) is 18.8. The summed E-state index contributed by atoms with van der Waals surface area (Å²) in [6.07, 6.45) is -3.99. The molecule has 0 aliphatic carbocycles. The van der Waals surface area contributed by atoms with Crippen LogP contribution in [0.1, 0.15) is 19.3 Å². The fourth-order valence-electron chi connectivity index (χ4n) is 4.97. The lowest BCUT2D eigenvalue weighted by molar-refractivity contribution is -0.0944. The van der Waals surface area contributed by atoms with Gasteiger partial charge in [-0.25, -0.2) is 22.2 Å². The zero-order valence-corrected chi connectivity index (χ0v) is 22.1. The summed E-state index contributed by atoms with van der Waals surface area (Å²) < 4.78 is 93.7. The van der Waals surface area contributed by atoms with E-state index in [9.17, 15) is 30.4 Å². The molecule has 0 radical (unpaired) electrons. The quantitative estimate of drug-likeness (QED) is 0.270. The van der Waals surface area contributed by atoms with E-state index in [0.717, 1.165) is 11.8 Å². The van der Waals surface area contributed by atoms with E-state index < -0.39 is 40.1 Å². The number of imidazole rings is 1. The van der Waals surface area contributed by atoms with Gasteiger partial charge in [0, 0.05) is 55.8 Å². The Labute approximate surface area is 227 Å².